The van der Waals surface area contributed by atoms with Gasteiger partial charge in [0.25, 0.3) is 0 Å². The molecule has 9 aromatic rings. The third-order valence-corrected chi connectivity index (χ3v) is 18.1. The zero-order chi connectivity index (χ0) is 62.3. The van der Waals surface area contributed by atoms with Gasteiger partial charge in [-0.25, -0.2) is 23.7 Å². The number of halogens is 2. The Labute approximate surface area is 515 Å². The number of benzene rings is 1. The third kappa shape index (κ3) is 14.3. The van der Waals surface area contributed by atoms with Gasteiger partial charge in [0.15, 0.2) is 0 Å². The van der Waals surface area contributed by atoms with Gasteiger partial charge in [0.2, 0.25) is 23.6 Å². The summed E-state index contributed by atoms with van der Waals surface area (Å²) < 4.78 is 59.3. The smallest absolute Gasteiger partial charge is 0.247 e. The maximum Gasteiger partial charge on any atom is 0.247 e. The van der Waals surface area contributed by atoms with E-state index >= 15 is 0 Å². The molecule has 4 fully saturated rings. The molecule has 1 aromatic carbocycles. The Kier molecular flexibility index (Phi) is 17.6. The van der Waals surface area contributed by atoms with Crippen LogP contribution >= 0.6 is 0 Å². The summed E-state index contributed by atoms with van der Waals surface area (Å²) in [6, 6.07) is 12.8. The normalized spacial score (nSPS) is 20.6. The molecule has 3 aliphatic carbocycles. The lowest BCUT2D eigenvalue weighted by atomic mass is 9.96. The highest BCUT2D eigenvalue weighted by Crippen LogP contribution is 2.38. The summed E-state index contributed by atoms with van der Waals surface area (Å²) in [7, 11) is 7.79. The number of Topliss-reactive ketones (excluding diaryl/α,β-unsaturated/α-hetero) is 3. The molecule has 0 bridgehead atoms. The second-order valence-corrected chi connectivity index (χ2v) is 25.2. The number of rotatable bonds is 16. The van der Waals surface area contributed by atoms with Gasteiger partial charge in [-0.05, 0) is 102 Å². The molecule has 23 heteroatoms. The fraction of sp³-hybridized carbons (Fsp3) is 0.500. The van der Waals surface area contributed by atoms with E-state index in [4.69, 9.17) is 28.9 Å². The minimum absolute atomic E-state index is 0.0558. The van der Waals surface area contributed by atoms with Crippen molar-refractivity contribution in [2.45, 2.75) is 148 Å². The molecule has 0 spiro atoms. The number of nitrogens with zero attached hydrogens (tertiary/aromatic N) is 14. The minimum Gasteiger partial charge on any atom is -0.474 e. The number of hydrogen-bond donors (Lipinski definition) is 0. The van der Waals surface area contributed by atoms with E-state index < -0.39 is 5.92 Å². The van der Waals surface area contributed by atoms with Crippen LogP contribution in [0.4, 0.5) is 8.78 Å². The number of carbonyl (C=O) groups excluding carboxylic acids is 3. The summed E-state index contributed by atoms with van der Waals surface area (Å²) in [6.45, 7) is 10.6. The molecule has 0 radical (unpaired) electrons. The molecular formula is C66H78F2N14O7. The quantitative estimate of drug-likeness (QED) is 0.0878. The number of carbonyl (C=O) groups is 3. The SMILES string of the molecule is C[C@@H](Oc1nc(-c2ccc3c(c2)CN(C)CC3)cc2nn(C)cc12)[C@H]1CCC(=O)C1.C[C@@H](Oc1nc(-c2cnn(CCC(C)(F)F)c2)cc2nn(C)cc12)[C@H]1CCC(=O)C1.C[C@@H](Oc1nc(-c2cnn([C@@H]3CCOC3)c2)cc2nn(C)cc12)[C@H]1CCC(=O)C1. The van der Waals surface area contributed by atoms with E-state index in [0.717, 1.165) is 114 Å². The first-order valence-corrected chi connectivity index (χ1v) is 31.1. The molecule has 3 saturated carbocycles. The van der Waals surface area contributed by atoms with Crippen LogP contribution in [0.5, 0.6) is 17.6 Å². The van der Waals surface area contributed by atoms with Gasteiger partial charge < -0.3 is 23.8 Å². The summed E-state index contributed by atoms with van der Waals surface area (Å²) >= 11 is 0. The van der Waals surface area contributed by atoms with Crippen molar-refractivity contribution in [1.82, 2.24) is 68.8 Å². The van der Waals surface area contributed by atoms with Crippen molar-refractivity contribution in [2.75, 3.05) is 26.8 Å². The summed E-state index contributed by atoms with van der Waals surface area (Å²) in [5.41, 5.74) is 10.2. The molecule has 8 aromatic heterocycles. The maximum absolute atomic E-state index is 13.1. The van der Waals surface area contributed by atoms with E-state index in [9.17, 15) is 23.2 Å². The average molecular weight is 1220 g/mol. The molecule has 0 unspecified atom stereocenters. The van der Waals surface area contributed by atoms with Crippen molar-refractivity contribution >= 4 is 50.1 Å². The van der Waals surface area contributed by atoms with E-state index in [1.807, 2.05) is 88.9 Å². The van der Waals surface area contributed by atoms with E-state index in [-0.39, 0.29) is 60.9 Å². The predicted molar refractivity (Wildman–Crippen MR) is 330 cm³/mol. The number of ketones is 3. The molecule has 5 aliphatic rings. The molecule has 10 heterocycles. The van der Waals surface area contributed by atoms with E-state index in [0.29, 0.717) is 85.6 Å². The van der Waals surface area contributed by atoms with E-state index in [1.165, 1.54) is 15.8 Å². The topological polar surface area (TPSA) is 219 Å². The summed E-state index contributed by atoms with van der Waals surface area (Å²) in [4.78, 5) is 51.8. The standard InChI is InChI=1S/C24H28N4O2.C21H25F2N5O2.C21H25N5O3/c1-15(17-6-7-20(29)11-17)30-24-21-14-28(3)26-23(21)12-22(25-24)18-5-4-16-8-9-27(2)13-19(16)10-18;1-13(14-4-5-16(29)8-14)30-20-17-12-27(3)26-19(17)9-18(25-20)15-10-24-28(11-15)7-6-21(2,22)23;1-13(14-3-4-17(27)7-14)29-21-18-11-25(2)24-20(18)8-19(23-21)15-9-22-26(10-15)16-5-6-28-12-16/h4-5,10,12,14-15,17H,6-9,11,13H2,1-3H3;9-14H,4-8H2,1-3H3;8-11,13-14,16H,3-7,12H2,1-2H3/t15-,17+;13-,14+;13-,14+,16-/m111/s1. The summed E-state index contributed by atoms with van der Waals surface area (Å²) in [6.07, 6.45) is 20.6. The lowest BCUT2D eigenvalue weighted by Crippen LogP contribution is -2.26. The van der Waals surface area contributed by atoms with Gasteiger partial charge in [0.05, 0.1) is 74.8 Å². The molecule has 14 rings (SSSR count). The minimum atomic E-state index is -2.74. The Hall–Kier alpha value is -8.31. The van der Waals surface area contributed by atoms with Crippen LogP contribution in [0.15, 0.2) is 79.8 Å². The highest BCUT2D eigenvalue weighted by atomic mass is 19.3. The predicted octanol–water partition coefficient (Wildman–Crippen LogP) is 10.7. The largest absolute Gasteiger partial charge is 0.474 e. The number of hydrogen-bond acceptors (Lipinski definition) is 16. The molecular weight excluding hydrogens is 1140 g/mol. The Morgan fingerprint density at radius 3 is 1.51 bits per heavy atom. The average Bonchev–Trinajstić information content (AvgIpc) is 1.86. The van der Waals surface area contributed by atoms with Crippen molar-refractivity contribution in [3.8, 4) is 51.4 Å². The summed E-state index contributed by atoms with van der Waals surface area (Å²) in [5.74, 6) is 0.489. The van der Waals surface area contributed by atoms with Crippen LogP contribution in [0, 0.1) is 17.8 Å². The molecule has 468 valence electrons. The molecule has 1 saturated heterocycles. The van der Waals surface area contributed by atoms with Crippen LogP contribution in [0.25, 0.3) is 66.5 Å². The first-order valence-electron chi connectivity index (χ1n) is 31.1. The van der Waals surface area contributed by atoms with Crippen molar-refractivity contribution in [1.29, 1.82) is 0 Å². The number of likely N-dealkylation sites (N-methyl/N-ethyl adjacent to an activating group) is 1. The number of aryl methyl sites for hydroxylation is 4. The van der Waals surface area contributed by atoms with Crippen LogP contribution in [0.2, 0.25) is 0 Å². The zero-order valence-corrected chi connectivity index (χ0v) is 51.9. The van der Waals surface area contributed by atoms with Crippen molar-refractivity contribution in [2.24, 2.45) is 38.9 Å². The van der Waals surface area contributed by atoms with E-state index in [2.05, 4.69) is 67.5 Å². The van der Waals surface area contributed by atoms with Gasteiger partial charge in [-0.2, -0.15) is 25.5 Å². The number of fused-ring (bicyclic) bond motifs is 4. The van der Waals surface area contributed by atoms with Gasteiger partial charge in [0, 0.05) is 158 Å². The van der Waals surface area contributed by atoms with Crippen LogP contribution in [0.1, 0.15) is 115 Å². The Morgan fingerprint density at radius 2 is 1.06 bits per heavy atom. The fourth-order valence-electron chi connectivity index (χ4n) is 12.8. The third-order valence-electron chi connectivity index (χ3n) is 18.1. The first kappa shape index (κ1) is 61.0. The van der Waals surface area contributed by atoms with Gasteiger partial charge in [-0.1, -0.05) is 12.1 Å². The number of aromatic nitrogens is 13. The number of ether oxygens (including phenoxy) is 4. The lowest BCUT2D eigenvalue weighted by molar-refractivity contribution is -0.118. The van der Waals surface area contributed by atoms with Crippen LogP contribution in [0.3, 0.4) is 0 Å². The van der Waals surface area contributed by atoms with E-state index in [1.54, 1.807) is 26.4 Å². The molecule has 21 nitrogen and oxygen atoms in total. The second kappa shape index (κ2) is 25.7. The van der Waals surface area contributed by atoms with Crippen molar-refractivity contribution in [3.05, 3.63) is 90.9 Å². The van der Waals surface area contributed by atoms with Gasteiger partial charge in [0.1, 0.15) is 35.7 Å². The van der Waals surface area contributed by atoms with Crippen LogP contribution < -0.4 is 14.2 Å². The van der Waals surface area contributed by atoms with Crippen molar-refractivity contribution < 1.29 is 42.1 Å². The Morgan fingerprint density at radius 1 is 0.584 bits per heavy atom. The fourth-order valence-corrected chi connectivity index (χ4v) is 12.8. The second-order valence-electron chi connectivity index (χ2n) is 25.2. The Bertz CT molecular complexity index is 4060. The summed E-state index contributed by atoms with van der Waals surface area (Å²) in [5, 5.41) is 24.9. The van der Waals surface area contributed by atoms with Gasteiger partial charge >= 0.3 is 0 Å². The highest BCUT2D eigenvalue weighted by Gasteiger charge is 2.33. The first-order chi connectivity index (χ1) is 42.7. The molecule has 2 aliphatic heterocycles. The van der Waals surface area contributed by atoms with Gasteiger partial charge in [-0.15, -0.1) is 0 Å². The Balaban J connectivity index is 0.000000130. The zero-order valence-electron chi connectivity index (χ0n) is 51.9. The molecule has 7 atom stereocenters. The molecule has 0 amide bonds. The van der Waals surface area contributed by atoms with Crippen LogP contribution in [-0.4, -0.2) is 137 Å². The number of pyridine rings is 3. The van der Waals surface area contributed by atoms with Crippen molar-refractivity contribution in [3.63, 3.8) is 0 Å². The maximum atomic E-state index is 13.1. The highest BCUT2D eigenvalue weighted by molar-refractivity contribution is 5.89. The van der Waals surface area contributed by atoms with Crippen LogP contribution in [-0.2, 0) is 59.8 Å². The lowest BCUT2D eigenvalue weighted by Gasteiger charge is -2.25. The van der Waals surface area contributed by atoms with Gasteiger partial charge in [-0.3, -0.25) is 37.8 Å². The monoisotopic (exact) mass is 1220 g/mol. The number of alkyl halides is 2. The molecule has 0 N–H and O–H groups in total. The molecule has 89 heavy (non-hydrogen) atoms.